The van der Waals surface area contributed by atoms with Crippen molar-refractivity contribution in [3.63, 3.8) is 0 Å². The summed E-state index contributed by atoms with van der Waals surface area (Å²) in [6.07, 6.45) is 0. The Balaban J connectivity index is 2.69. The molecule has 80 valence electrons. The van der Waals surface area contributed by atoms with E-state index in [0.29, 0.717) is 5.56 Å². The average Bonchev–Trinajstić information content (AvgIpc) is 2.18. The molecule has 15 heavy (non-hydrogen) atoms. The normalized spacial score (nSPS) is 10.9. The molecule has 0 unspecified atom stereocenters. The Labute approximate surface area is 87.9 Å². The van der Waals surface area contributed by atoms with Gasteiger partial charge in [-0.3, -0.25) is 10.1 Å². The number of rotatable bonds is 2. The summed E-state index contributed by atoms with van der Waals surface area (Å²) >= 11 is 0. The summed E-state index contributed by atoms with van der Waals surface area (Å²) in [6.45, 7) is 1.95. The van der Waals surface area contributed by atoms with Crippen LogP contribution in [0.5, 0.6) is 0 Å². The van der Waals surface area contributed by atoms with Gasteiger partial charge in [0.2, 0.25) is 5.96 Å². The van der Waals surface area contributed by atoms with Crippen LogP contribution in [0.15, 0.2) is 29.4 Å². The zero-order valence-electron chi connectivity index (χ0n) is 8.65. The Kier molecular flexibility index (Phi) is 3.68. The van der Waals surface area contributed by atoms with Gasteiger partial charge in [-0.15, -0.1) is 0 Å². The van der Waals surface area contributed by atoms with Crippen molar-refractivity contribution >= 4 is 11.9 Å². The summed E-state index contributed by atoms with van der Waals surface area (Å²) in [5, 5.41) is 5.75. The maximum atomic E-state index is 11.5. The first-order valence-electron chi connectivity index (χ1n) is 4.38. The summed E-state index contributed by atoms with van der Waals surface area (Å²) in [5.74, 6) is -0.378. The second kappa shape index (κ2) is 4.99. The molecule has 0 heterocycles. The Hall–Kier alpha value is -2.04. The number of guanidine groups is 1. The molecule has 0 aliphatic rings. The highest BCUT2D eigenvalue weighted by Crippen LogP contribution is 2.02. The molecule has 0 aromatic heterocycles. The molecule has 3 N–H and O–H groups in total. The fourth-order valence-corrected chi connectivity index (χ4v) is 1.01. The van der Waals surface area contributed by atoms with Crippen LogP contribution in [0, 0.1) is 6.92 Å². The van der Waals surface area contributed by atoms with Gasteiger partial charge in [-0.1, -0.05) is 17.7 Å². The largest absolute Gasteiger partial charge is 0.396 e. The number of nitrogens with two attached hydrogens (primary N) is 1. The standard InChI is InChI=1S/C10H13N3O2/c1-7-3-5-8(6-4-7)9(14)12-10(11)13-15-2/h3-6H,1-2H3,(H3,11,12,13,14). The Bertz CT molecular complexity index is 371. The van der Waals surface area contributed by atoms with Crippen LogP contribution in [0.25, 0.3) is 0 Å². The van der Waals surface area contributed by atoms with Crippen LogP contribution >= 0.6 is 0 Å². The lowest BCUT2D eigenvalue weighted by Gasteiger charge is -2.03. The van der Waals surface area contributed by atoms with E-state index in [2.05, 4.69) is 15.3 Å². The molecule has 1 aromatic rings. The monoisotopic (exact) mass is 207 g/mol. The fraction of sp³-hybridized carbons (Fsp3) is 0.200. The van der Waals surface area contributed by atoms with Crippen molar-refractivity contribution in [2.45, 2.75) is 6.92 Å². The lowest BCUT2D eigenvalue weighted by Crippen LogP contribution is -2.36. The molecule has 0 fully saturated rings. The maximum Gasteiger partial charge on any atom is 0.258 e. The first kappa shape index (κ1) is 11.0. The van der Waals surface area contributed by atoms with Crippen LogP contribution in [0.4, 0.5) is 0 Å². The van der Waals surface area contributed by atoms with E-state index in [-0.39, 0.29) is 11.9 Å². The van der Waals surface area contributed by atoms with Crippen LogP contribution in [0.2, 0.25) is 0 Å². The summed E-state index contributed by atoms with van der Waals surface area (Å²) in [5.41, 5.74) is 6.96. The highest BCUT2D eigenvalue weighted by atomic mass is 16.6. The van der Waals surface area contributed by atoms with E-state index < -0.39 is 0 Å². The highest BCUT2D eigenvalue weighted by molar-refractivity contribution is 6.05. The number of nitrogens with one attached hydrogen (secondary N) is 1. The molecule has 1 amide bonds. The molecule has 0 aliphatic heterocycles. The molecule has 0 atom stereocenters. The fourth-order valence-electron chi connectivity index (χ4n) is 1.01. The molecule has 5 heteroatoms. The van der Waals surface area contributed by atoms with Gasteiger partial charge in [0.05, 0.1) is 0 Å². The third-order valence-electron chi connectivity index (χ3n) is 1.74. The number of nitrogens with zero attached hydrogens (tertiary/aromatic N) is 1. The Morgan fingerprint density at radius 2 is 2.00 bits per heavy atom. The van der Waals surface area contributed by atoms with E-state index in [0.717, 1.165) is 5.56 Å². The molecular weight excluding hydrogens is 194 g/mol. The minimum atomic E-state index is -0.312. The van der Waals surface area contributed by atoms with Crippen molar-refractivity contribution in [3.05, 3.63) is 35.4 Å². The number of carbonyl (C=O) groups excluding carboxylic acids is 1. The minimum absolute atomic E-state index is 0.0666. The number of benzene rings is 1. The van der Waals surface area contributed by atoms with Crippen LogP contribution in [-0.2, 0) is 4.84 Å². The highest BCUT2D eigenvalue weighted by Gasteiger charge is 2.05. The van der Waals surface area contributed by atoms with E-state index in [1.807, 2.05) is 19.1 Å². The van der Waals surface area contributed by atoms with E-state index in [1.165, 1.54) is 7.11 Å². The first-order chi connectivity index (χ1) is 7.13. The Morgan fingerprint density at radius 3 is 2.53 bits per heavy atom. The molecule has 0 radical (unpaired) electrons. The van der Waals surface area contributed by atoms with Gasteiger partial charge >= 0.3 is 0 Å². The third kappa shape index (κ3) is 3.30. The van der Waals surface area contributed by atoms with Gasteiger partial charge in [0.1, 0.15) is 7.11 Å². The number of hydrogen-bond acceptors (Lipinski definition) is 3. The number of amides is 1. The molecule has 0 saturated carbocycles. The van der Waals surface area contributed by atoms with Gasteiger partial charge in [-0.25, -0.2) is 0 Å². The quantitative estimate of drug-likeness (QED) is 0.423. The maximum absolute atomic E-state index is 11.5. The van der Waals surface area contributed by atoms with Crippen molar-refractivity contribution in [1.29, 1.82) is 0 Å². The summed E-state index contributed by atoms with van der Waals surface area (Å²) in [4.78, 5) is 15.9. The molecule has 5 nitrogen and oxygen atoms in total. The number of oxime groups is 1. The van der Waals surface area contributed by atoms with Crippen molar-refractivity contribution in [2.75, 3.05) is 7.11 Å². The van der Waals surface area contributed by atoms with Crippen molar-refractivity contribution < 1.29 is 9.63 Å². The summed E-state index contributed by atoms with van der Waals surface area (Å²) in [6, 6.07) is 7.12. The second-order valence-electron chi connectivity index (χ2n) is 2.98. The van der Waals surface area contributed by atoms with Gasteiger partial charge < -0.3 is 10.6 Å². The Morgan fingerprint density at radius 1 is 1.40 bits per heavy atom. The van der Waals surface area contributed by atoms with Gasteiger partial charge in [0, 0.05) is 5.56 Å². The molecule has 1 aromatic carbocycles. The number of hydrogen-bond donors (Lipinski definition) is 2. The average molecular weight is 207 g/mol. The zero-order valence-corrected chi connectivity index (χ0v) is 8.65. The SMILES string of the molecule is CON=C(N)NC(=O)c1ccc(C)cc1. The molecule has 0 saturated heterocycles. The smallest absolute Gasteiger partial charge is 0.258 e. The second-order valence-corrected chi connectivity index (χ2v) is 2.98. The van der Waals surface area contributed by atoms with Crippen molar-refractivity contribution in [1.82, 2.24) is 5.32 Å². The molecule has 1 rings (SSSR count). The van der Waals surface area contributed by atoms with Crippen LogP contribution < -0.4 is 11.1 Å². The first-order valence-corrected chi connectivity index (χ1v) is 4.38. The summed E-state index contributed by atoms with van der Waals surface area (Å²) < 4.78 is 0. The number of aryl methyl sites for hydroxylation is 1. The van der Waals surface area contributed by atoms with Crippen LogP contribution in [0.1, 0.15) is 15.9 Å². The predicted molar refractivity (Wildman–Crippen MR) is 57.3 cm³/mol. The zero-order chi connectivity index (χ0) is 11.3. The van der Waals surface area contributed by atoms with E-state index in [4.69, 9.17) is 5.73 Å². The van der Waals surface area contributed by atoms with Crippen LogP contribution in [0.3, 0.4) is 0 Å². The predicted octanol–water partition coefficient (Wildman–Crippen LogP) is 0.601. The van der Waals surface area contributed by atoms with E-state index in [9.17, 15) is 4.79 Å². The lowest BCUT2D eigenvalue weighted by molar-refractivity contribution is 0.0974. The van der Waals surface area contributed by atoms with E-state index in [1.54, 1.807) is 12.1 Å². The number of carbonyl (C=O) groups is 1. The molecule has 0 spiro atoms. The van der Waals surface area contributed by atoms with Crippen molar-refractivity contribution in [3.8, 4) is 0 Å². The third-order valence-corrected chi connectivity index (χ3v) is 1.74. The lowest BCUT2D eigenvalue weighted by atomic mass is 10.1. The van der Waals surface area contributed by atoms with E-state index >= 15 is 0 Å². The van der Waals surface area contributed by atoms with Gasteiger partial charge in [0.15, 0.2) is 0 Å². The van der Waals surface area contributed by atoms with Crippen molar-refractivity contribution in [2.24, 2.45) is 10.9 Å². The summed E-state index contributed by atoms with van der Waals surface area (Å²) in [7, 11) is 1.35. The topological polar surface area (TPSA) is 76.7 Å². The minimum Gasteiger partial charge on any atom is -0.396 e. The molecule has 0 aliphatic carbocycles. The molecular formula is C10H13N3O2. The van der Waals surface area contributed by atoms with Gasteiger partial charge in [-0.2, -0.15) is 0 Å². The van der Waals surface area contributed by atoms with Gasteiger partial charge in [-0.05, 0) is 24.2 Å². The molecule has 0 bridgehead atoms. The van der Waals surface area contributed by atoms with Crippen LogP contribution in [-0.4, -0.2) is 19.0 Å². The van der Waals surface area contributed by atoms with Gasteiger partial charge in [0.25, 0.3) is 5.91 Å².